The van der Waals surface area contributed by atoms with E-state index in [0.717, 1.165) is 0 Å². The second kappa shape index (κ2) is 4.87. The predicted molar refractivity (Wildman–Crippen MR) is 55.1 cm³/mol. The molecule has 1 heteroatoms. The lowest BCUT2D eigenvalue weighted by Gasteiger charge is -2.32. The Labute approximate surface area is 80.8 Å². The van der Waals surface area contributed by atoms with Gasteiger partial charge < -0.3 is 0 Å². The first-order valence-corrected chi connectivity index (χ1v) is 5.00. The van der Waals surface area contributed by atoms with E-state index in [1.54, 1.807) is 6.08 Å². The van der Waals surface area contributed by atoms with Gasteiger partial charge in [-0.1, -0.05) is 44.1 Å². The van der Waals surface area contributed by atoms with E-state index in [0.29, 0.717) is 6.42 Å². The van der Waals surface area contributed by atoms with Crippen LogP contribution in [0.2, 0.25) is 0 Å². The number of nitrogens with zero attached hydrogens (tertiary/aromatic N) is 1. The number of allylic oxidation sites excluding steroid dienone is 3. The van der Waals surface area contributed by atoms with Crippen LogP contribution in [0.3, 0.4) is 0 Å². The Balaban J connectivity index is 2.67. The van der Waals surface area contributed by atoms with Gasteiger partial charge >= 0.3 is 0 Å². The Bertz CT molecular complexity index is 226. The number of hydrogen-bond acceptors (Lipinski definition) is 1. The van der Waals surface area contributed by atoms with Gasteiger partial charge in [0.1, 0.15) is 0 Å². The summed E-state index contributed by atoms with van der Waals surface area (Å²) in [5, 5.41) is 8.77. The van der Waals surface area contributed by atoms with Crippen molar-refractivity contribution in [2.45, 2.75) is 38.5 Å². The summed E-state index contributed by atoms with van der Waals surface area (Å²) in [6.07, 6.45) is 12.8. The Kier molecular flexibility index (Phi) is 3.76. The van der Waals surface area contributed by atoms with Crippen molar-refractivity contribution >= 4 is 0 Å². The summed E-state index contributed by atoms with van der Waals surface area (Å²) in [5.74, 6) is 0. The molecule has 1 saturated carbocycles. The normalized spacial score (nSPS) is 21.2. The standard InChI is InChI=1S/C12H17N/c1-2-3-7-12(10-11-13)8-5-4-6-9-12/h2-3,7H,1,4-6,8-10H2/b7-3+. The van der Waals surface area contributed by atoms with Gasteiger partial charge in [-0.3, -0.25) is 0 Å². The summed E-state index contributed by atoms with van der Waals surface area (Å²) < 4.78 is 0. The zero-order valence-corrected chi connectivity index (χ0v) is 8.13. The second-order valence-electron chi connectivity index (χ2n) is 3.85. The summed E-state index contributed by atoms with van der Waals surface area (Å²) in [5.41, 5.74) is 0.168. The topological polar surface area (TPSA) is 23.8 Å². The molecule has 1 aliphatic carbocycles. The average Bonchev–Trinajstić information content (AvgIpc) is 2.17. The van der Waals surface area contributed by atoms with Crippen molar-refractivity contribution in [3.63, 3.8) is 0 Å². The molecule has 70 valence electrons. The molecule has 1 fully saturated rings. The molecule has 0 heterocycles. The fourth-order valence-corrected chi connectivity index (χ4v) is 2.09. The van der Waals surface area contributed by atoms with Crippen LogP contribution in [-0.2, 0) is 0 Å². The summed E-state index contributed by atoms with van der Waals surface area (Å²) in [6, 6.07) is 2.30. The first-order valence-electron chi connectivity index (χ1n) is 5.00. The molecule has 0 aliphatic heterocycles. The molecule has 0 radical (unpaired) electrons. The Morgan fingerprint density at radius 2 is 2.00 bits per heavy atom. The van der Waals surface area contributed by atoms with E-state index in [9.17, 15) is 0 Å². The van der Waals surface area contributed by atoms with Gasteiger partial charge in [0, 0.05) is 11.8 Å². The fraction of sp³-hybridized carbons (Fsp3) is 0.583. The van der Waals surface area contributed by atoms with Gasteiger partial charge in [-0.25, -0.2) is 0 Å². The number of hydrogen-bond donors (Lipinski definition) is 0. The predicted octanol–water partition coefficient (Wildman–Crippen LogP) is 3.59. The van der Waals surface area contributed by atoms with Crippen LogP contribution in [0.25, 0.3) is 0 Å². The van der Waals surface area contributed by atoms with E-state index in [1.807, 2.05) is 6.08 Å². The Morgan fingerprint density at radius 1 is 1.31 bits per heavy atom. The third-order valence-electron chi connectivity index (χ3n) is 2.87. The van der Waals surface area contributed by atoms with Gasteiger partial charge in [-0.2, -0.15) is 5.26 Å². The summed E-state index contributed by atoms with van der Waals surface area (Å²) in [6.45, 7) is 3.67. The van der Waals surface area contributed by atoms with Gasteiger partial charge in [0.25, 0.3) is 0 Å². The van der Waals surface area contributed by atoms with E-state index in [-0.39, 0.29) is 5.41 Å². The molecule has 0 atom stereocenters. The molecule has 0 N–H and O–H groups in total. The minimum Gasteiger partial charge on any atom is -0.198 e. The van der Waals surface area contributed by atoms with Crippen molar-refractivity contribution in [2.75, 3.05) is 0 Å². The Hall–Kier alpha value is -1.03. The highest BCUT2D eigenvalue weighted by molar-refractivity contribution is 5.09. The first-order chi connectivity index (χ1) is 6.33. The average molecular weight is 175 g/mol. The van der Waals surface area contributed by atoms with Crippen LogP contribution in [0.15, 0.2) is 24.8 Å². The summed E-state index contributed by atoms with van der Waals surface area (Å²) in [4.78, 5) is 0. The third kappa shape index (κ3) is 2.73. The van der Waals surface area contributed by atoms with E-state index >= 15 is 0 Å². The smallest absolute Gasteiger partial charge is 0.0630 e. The molecule has 0 spiro atoms. The van der Waals surface area contributed by atoms with Gasteiger partial charge in [0.15, 0.2) is 0 Å². The molecule has 0 aromatic heterocycles. The lowest BCUT2D eigenvalue weighted by Crippen LogP contribution is -2.20. The van der Waals surface area contributed by atoms with E-state index in [1.165, 1.54) is 32.1 Å². The molecular formula is C12H17N. The van der Waals surface area contributed by atoms with Crippen LogP contribution in [-0.4, -0.2) is 0 Å². The molecule has 0 aromatic rings. The minimum absolute atomic E-state index is 0.168. The summed E-state index contributed by atoms with van der Waals surface area (Å²) >= 11 is 0. The molecule has 0 saturated heterocycles. The van der Waals surface area contributed by atoms with Crippen molar-refractivity contribution in [1.82, 2.24) is 0 Å². The van der Waals surface area contributed by atoms with Gasteiger partial charge in [-0.15, -0.1) is 0 Å². The first kappa shape index (κ1) is 10.1. The third-order valence-corrected chi connectivity index (χ3v) is 2.87. The molecule has 13 heavy (non-hydrogen) atoms. The molecule has 0 amide bonds. The van der Waals surface area contributed by atoms with Gasteiger partial charge in [-0.05, 0) is 12.8 Å². The monoisotopic (exact) mass is 175 g/mol. The lowest BCUT2D eigenvalue weighted by atomic mass is 9.72. The highest BCUT2D eigenvalue weighted by atomic mass is 14.3. The maximum atomic E-state index is 8.77. The maximum Gasteiger partial charge on any atom is 0.0630 e. The fourth-order valence-electron chi connectivity index (χ4n) is 2.09. The van der Waals surface area contributed by atoms with Gasteiger partial charge in [0.05, 0.1) is 6.07 Å². The second-order valence-corrected chi connectivity index (χ2v) is 3.85. The maximum absolute atomic E-state index is 8.77. The van der Waals surface area contributed by atoms with Crippen LogP contribution in [0, 0.1) is 16.7 Å². The highest BCUT2D eigenvalue weighted by Gasteiger charge is 2.28. The van der Waals surface area contributed by atoms with Crippen molar-refractivity contribution in [3.8, 4) is 6.07 Å². The van der Waals surface area contributed by atoms with Gasteiger partial charge in [0.2, 0.25) is 0 Å². The van der Waals surface area contributed by atoms with E-state index < -0.39 is 0 Å². The lowest BCUT2D eigenvalue weighted by molar-refractivity contribution is 0.263. The van der Waals surface area contributed by atoms with Crippen molar-refractivity contribution in [1.29, 1.82) is 5.26 Å². The van der Waals surface area contributed by atoms with E-state index in [4.69, 9.17) is 5.26 Å². The molecule has 0 aromatic carbocycles. The quantitative estimate of drug-likeness (QED) is 0.601. The van der Waals surface area contributed by atoms with Crippen LogP contribution >= 0.6 is 0 Å². The summed E-state index contributed by atoms with van der Waals surface area (Å²) in [7, 11) is 0. The highest BCUT2D eigenvalue weighted by Crippen LogP contribution is 2.40. The molecule has 1 nitrogen and oxygen atoms in total. The molecular weight excluding hydrogens is 158 g/mol. The molecule has 0 unspecified atom stereocenters. The Morgan fingerprint density at radius 3 is 2.54 bits per heavy atom. The van der Waals surface area contributed by atoms with Crippen LogP contribution in [0.5, 0.6) is 0 Å². The molecule has 1 aliphatic rings. The number of rotatable bonds is 3. The SMILES string of the molecule is C=C/C=C/C1(CC#N)CCCCC1. The molecule has 0 bridgehead atoms. The largest absolute Gasteiger partial charge is 0.198 e. The minimum atomic E-state index is 0.168. The van der Waals surface area contributed by atoms with Crippen LogP contribution < -0.4 is 0 Å². The zero-order chi connectivity index (χ0) is 9.57. The molecule has 1 rings (SSSR count). The van der Waals surface area contributed by atoms with Crippen molar-refractivity contribution in [2.24, 2.45) is 5.41 Å². The van der Waals surface area contributed by atoms with Crippen molar-refractivity contribution < 1.29 is 0 Å². The zero-order valence-electron chi connectivity index (χ0n) is 8.13. The van der Waals surface area contributed by atoms with Crippen molar-refractivity contribution in [3.05, 3.63) is 24.8 Å². The number of nitriles is 1. The van der Waals surface area contributed by atoms with Crippen LogP contribution in [0.4, 0.5) is 0 Å². The van der Waals surface area contributed by atoms with Crippen LogP contribution in [0.1, 0.15) is 38.5 Å². The van der Waals surface area contributed by atoms with E-state index in [2.05, 4.69) is 18.7 Å².